The predicted octanol–water partition coefficient (Wildman–Crippen LogP) is 4.97. The molecule has 1 aliphatic rings. The molecule has 0 unspecified atom stereocenters. The first-order chi connectivity index (χ1) is 14.5. The van der Waals surface area contributed by atoms with Crippen molar-refractivity contribution in [3.8, 4) is 22.8 Å². The molecular formula is C20H18F2N5O2S-. The molecule has 1 aliphatic heterocycles. The van der Waals surface area contributed by atoms with Gasteiger partial charge in [0.15, 0.2) is 0 Å². The number of halogens is 2. The molecule has 0 amide bonds. The summed E-state index contributed by atoms with van der Waals surface area (Å²) in [5.74, 6) is 0.496. The van der Waals surface area contributed by atoms with E-state index in [9.17, 15) is 8.78 Å². The van der Waals surface area contributed by atoms with Crippen molar-refractivity contribution < 1.29 is 18.3 Å². The molecule has 156 valence electrons. The van der Waals surface area contributed by atoms with E-state index in [2.05, 4.69) is 15.3 Å². The summed E-state index contributed by atoms with van der Waals surface area (Å²) in [6, 6.07) is 8.83. The van der Waals surface area contributed by atoms with Crippen molar-refractivity contribution in [2.24, 2.45) is 0 Å². The number of rotatable bonds is 2. The zero-order chi connectivity index (χ0) is 21.1. The number of fused-ring (bicyclic) bond motifs is 6. The topological polar surface area (TPSA) is 104 Å². The zero-order valence-electron chi connectivity index (χ0n) is 15.7. The van der Waals surface area contributed by atoms with Crippen LogP contribution in [0.3, 0.4) is 0 Å². The highest BCUT2D eigenvalue weighted by Crippen LogP contribution is 2.34. The predicted molar refractivity (Wildman–Crippen MR) is 109 cm³/mol. The van der Waals surface area contributed by atoms with Gasteiger partial charge < -0.3 is 34.8 Å². The van der Waals surface area contributed by atoms with Crippen LogP contribution >= 0.6 is 0 Å². The maximum Gasteiger partial charge on any atom is 0.215 e. The normalized spacial score (nSPS) is 13.4. The Morgan fingerprint density at radius 1 is 1.00 bits per heavy atom. The van der Waals surface area contributed by atoms with Gasteiger partial charge in [0.1, 0.15) is 29.0 Å². The maximum absolute atomic E-state index is 14.6. The first kappa shape index (κ1) is 20.0. The molecule has 7 nitrogen and oxygen atoms in total. The molecule has 3 N–H and O–H groups in total. The standard InChI is InChI=1S/C20H18F2N5O2S/c21-13-2-3-14-15-9-18(25-10-16(15)22)26-19-6-12(11-30(23)24)7-20(27-19)29-5-1-4-28-17(14)8-13/h2-3,6-10,23-24H,1,4-5,11H2,(H,25,26,27)/q-1. The summed E-state index contributed by atoms with van der Waals surface area (Å²) >= 11 is 0. The van der Waals surface area contributed by atoms with Crippen LogP contribution in [0.1, 0.15) is 12.0 Å². The van der Waals surface area contributed by atoms with Gasteiger partial charge in [-0.1, -0.05) is 11.3 Å². The lowest BCUT2D eigenvalue weighted by molar-refractivity contribution is 0.242. The molecule has 1 aromatic carbocycles. The van der Waals surface area contributed by atoms with E-state index in [4.69, 9.17) is 19.0 Å². The van der Waals surface area contributed by atoms with Gasteiger partial charge in [0, 0.05) is 29.7 Å². The monoisotopic (exact) mass is 430 g/mol. The van der Waals surface area contributed by atoms with Crippen molar-refractivity contribution in [2.45, 2.75) is 12.2 Å². The van der Waals surface area contributed by atoms with Crippen LogP contribution in [-0.2, 0) is 16.2 Å². The van der Waals surface area contributed by atoms with Crippen molar-refractivity contribution in [3.63, 3.8) is 0 Å². The minimum atomic E-state index is -1.29. The van der Waals surface area contributed by atoms with E-state index in [0.29, 0.717) is 36.1 Å². The number of nitrogens with zero attached hydrogens (tertiary/aromatic N) is 2. The highest BCUT2D eigenvalue weighted by molar-refractivity contribution is 7.73. The molecule has 10 heteroatoms. The van der Waals surface area contributed by atoms with E-state index in [1.807, 2.05) is 0 Å². The van der Waals surface area contributed by atoms with E-state index in [1.54, 1.807) is 12.1 Å². The van der Waals surface area contributed by atoms with E-state index < -0.39 is 22.1 Å². The largest absolute Gasteiger partial charge is 0.493 e. The lowest BCUT2D eigenvalue weighted by atomic mass is 10.0. The summed E-state index contributed by atoms with van der Waals surface area (Å²) < 4.78 is 54.8. The van der Waals surface area contributed by atoms with Crippen LogP contribution < -0.4 is 14.8 Å². The van der Waals surface area contributed by atoms with Crippen molar-refractivity contribution in [2.75, 3.05) is 18.5 Å². The van der Waals surface area contributed by atoms with Gasteiger partial charge in [-0.15, -0.1) is 0 Å². The molecule has 0 aliphatic carbocycles. The third kappa shape index (κ3) is 4.65. The lowest BCUT2D eigenvalue weighted by Gasteiger charge is -2.16. The number of hydrogen-bond donors (Lipinski definition) is 3. The first-order valence-corrected chi connectivity index (χ1v) is 10.5. The van der Waals surface area contributed by atoms with Gasteiger partial charge >= 0.3 is 0 Å². The quantitative estimate of drug-likeness (QED) is 0.498. The van der Waals surface area contributed by atoms with Crippen LogP contribution in [0.25, 0.3) is 11.1 Å². The molecule has 4 bridgehead atoms. The van der Waals surface area contributed by atoms with Gasteiger partial charge in [-0.05, 0) is 24.3 Å². The van der Waals surface area contributed by atoms with E-state index in [-0.39, 0.29) is 23.7 Å². The average molecular weight is 430 g/mol. The molecule has 2 aromatic heterocycles. The summed E-state index contributed by atoms with van der Waals surface area (Å²) in [7, 11) is -1.29. The molecule has 0 radical (unpaired) electrons. The summed E-state index contributed by atoms with van der Waals surface area (Å²) in [5, 5.41) is 3.02. The van der Waals surface area contributed by atoms with Gasteiger partial charge in [0.05, 0.1) is 19.4 Å². The van der Waals surface area contributed by atoms with Crippen LogP contribution in [0.5, 0.6) is 11.6 Å². The molecule has 3 aromatic rings. The molecule has 0 saturated heterocycles. The Labute approximate surface area is 173 Å². The summed E-state index contributed by atoms with van der Waals surface area (Å²) in [5.41, 5.74) is 1.35. The van der Waals surface area contributed by atoms with E-state index in [0.717, 1.165) is 11.8 Å². The molecular weight excluding hydrogens is 412 g/mol. The average Bonchev–Trinajstić information content (AvgIpc) is 2.68. The molecule has 4 rings (SSSR count). The van der Waals surface area contributed by atoms with Crippen LogP contribution in [0.2, 0.25) is 0 Å². The highest BCUT2D eigenvalue weighted by Gasteiger charge is 2.15. The Balaban J connectivity index is 1.80. The summed E-state index contributed by atoms with van der Waals surface area (Å²) in [4.78, 5) is 8.44. The molecule has 0 atom stereocenters. The Morgan fingerprint density at radius 3 is 2.67 bits per heavy atom. The van der Waals surface area contributed by atoms with Crippen LogP contribution in [-0.4, -0.2) is 23.2 Å². The molecule has 3 heterocycles. The van der Waals surface area contributed by atoms with Crippen LogP contribution in [0.15, 0.2) is 42.6 Å². The van der Waals surface area contributed by atoms with Crippen molar-refractivity contribution in [3.05, 3.63) is 59.8 Å². The maximum atomic E-state index is 14.6. The van der Waals surface area contributed by atoms with Gasteiger partial charge in [0.25, 0.3) is 0 Å². The number of ether oxygens (including phenoxy) is 2. The van der Waals surface area contributed by atoms with Gasteiger partial charge in [-0.3, -0.25) is 0 Å². The zero-order valence-corrected chi connectivity index (χ0v) is 16.6. The van der Waals surface area contributed by atoms with Crippen LogP contribution in [0.4, 0.5) is 20.4 Å². The smallest absolute Gasteiger partial charge is 0.215 e. The summed E-state index contributed by atoms with van der Waals surface area (Å²) in [6.07, 6.45) is 1.57. The van der Waals surface area contributed by atoms with Crippen molar-refractivity contribution in [1.29, 1.82) is 9.56 Å². The Hall–Kier alpha value is -3.27. The Bertz CT molecular complexity index is 1160. The van der Waals surface area contributed by atoms with Crippen LogP contribution in [0, 0.1) is 21.2 Å². The SMILES string of the molecule is N=[S-](=N)Cc1cc2nc(c1)OCCCOc1cc(F)ccc1-c1cc(ncc1F)N2. The number of hydrogen-bond acceptors (Lipinski definition) is 8. The highest BCUT2D eigenvalue weighted by atomic mass is 32.2. The Morgan fingerprint density at radius 2 is 1.83 bits per heavy atom. The fourth-order valence-corrected chi connectivity index (χ4v) is 3.55. The first-order valence-electron chi connectivity index (χ1n) is 9.10. The lowest BCUT2D eigenvalue weighted by Crippen LogP contribution is -2.08. The van der Waals surface area contributed by atoms with Gasteiger partial charge in [-0.2, -0.15) is 4.98 Å². The van der Waals surface area contributed by atoms with E-state index >= 15 is 0 Å². The number of anilines is 2. The number of benzene rings is 1. The second kappa shape index (κ2) is 8.62. The second-order valence-corrected chi connectivity index (χ2v) is 7.67. The fraction of sp³-hybridized carbons (Fsp3) is 0.200. The number of nitrogens with one attached hydrogen (secondary N) is 3. The molecule has 0 fully saturated rings. The minimum absolute atomic E-state index is 0.214. The second-order valence-electron chi connectivity index (χ2n) is 6.60. The van der Waals surface area contributed by atoms with Gasteiger partial charge in [-0.25, -0.2) is 13.8 Å². The van der Waals surface area contributed by atoms with Crippen molar-refractivity contribution in [1.82, 2.24) is 9.97 Å². The summed E-state index contributed by atoms with van der Waals surface area (Å²) in [6.45, 7) is 0.537. The number of pyridine rings is 2. The molecule has 30 heavy (non-hydrogen) atoms. The number of aromatic nitrogens is 2. The fourth-order valence-electron chi connectivity index (χ4n) is 3.05. The van der Waals surface area contributed by atoms with Crippen molar-refractivity contribution >= 4 is 22.1 Å². The third-order valence-electron chi connectivity index (χ3n) is 4.31. The third-order valence-corrected chi connectivity index (χ3v) is 4.94. The Kier molecular flexibility index (Phi) is 5.75. The molecule has 0 saturated carbocycles. The van der Waals surface area contributed by atoms with Gasteiger partial charge in [0.2, 0.25) is 5.88 Å². The van der Waals surface area contributed by atoms with E-state index in [1.165, 1.54) is 24.3 Å². The molecule has 0 spiro atoms. The minimum Gasteiger partial charge on any atom is -0.493 e.